The summed E-state index contributed by atoms with van der Waals surface area (Å²) in [6.07, 6.45) is 1.56. The Balaban J connectivity index is 1.86. The third kappa shape index (κ3) is 3.80. The number of phenolic OH excluding ortho intramolecular Hbond substituents is 1. The van der Waals surface area contributed by atoms with Gasteiger partial charge in [0.05, 0.1) is 18.2 Å². The van der Waals surface area contributed by atoms with E-state index in [1.165, 1.54) is 25.1 Å². The Morgan fingerprint density at radius 3 is 2.46 bits per heavy atom. The lowest BCUT2D eigenvalue weighted by Crippen LogP contribution is -2.65. The van der Waals surface area contributed by atoms with Crippen LogP contribution in [-0.2, 0) is 25.5 Å². The number of nitrogens with zero attached hydrogens (tertiary/aromatic N) is 1. The summed E-state index contributed by atoms with van der Waals surface area (Å²) in [4.78, 5) is 52.8. The normalized spacial score (nSPS) is 27.1. The van der Waals surface area contributed by atoms with Gasteiger partial charge in [0.15, 0.2) is 11.4 Å². The number of Topliss-reactive ketones (excluding diaryl/α,β-unsaturated/α-hetero) is 2. The molecule has 0 radical (unpaired) electrons. The van der Waals surface area contributed by atoms with Crippen LogP contribution < -0.4 is 5.73 Å². The van der Waals surface area contributed by atoms with Crippen molar-refractivity contribution in [3.63, 3.8) is 0 Å². The van der Waals surface area contributed by atoms with E-state index in [4.69, 9.17) is 10.5 Å². The number of amides is 1. The monoisotopic (exact) mass is 514 g/mol. The molecule has 4 atom stereocenters. The molecule has 1 amide bonds. The van der Waals surface area contributed by atoms with E-state index in [1.807, 2.05) is 6.92 Å². The van der Waals surface area contributed by atoms with E-state index in [0.717, 1.165) is 6.42 Å². The van der Waals surface area contributed by atoms with Crippen LogP contribution in [0.3, 0.4) is 0 Å². The highest BCUT2D eigenvalue weighted by molar-refractivity contribution is 6.24. The number of carbonyl (C=O) groups is 4. The van der Waals surface area contributed by atoms with Crippen molar-refractivity contribution >= 4 is 29.2 Å². The smallest absolute Gasteiger partial charge is 0.341 e. The molecule has 0 spiro atoms. The van der Waals surface area contributed by atoms with Gasteiger partial charge < -0.3 is 30.9 Å². The number of esters is 1. The molecule has 11 nitrogen and oxygen atoms in total. The highest BCUT2D eigenvalue weighted by Gasteiger charge is 2.64. The standard InChI is InChI=1S/C26H30N2O9/c1-4-5-8-37-25(35)13-7-6-11-9-12-10-14-18(28(2)3)21(31)17(24(27)34)23(33)26(14,36)22(32)16(12)20(30)15(11)19(13)29/h6-7,12,14,18,29-30,33,36H,4-5,8-10H2,1-3H3,(H2,27,34)/t12-,14-,18-,26-/m0/s1. The predicted octanol–water partition coefficient (Wildman–Crippen LogP) is 0.921. The van der Waals surface area contributed by atoms with Crippen LogP contribution >= 0.6 is 0 Å². The van der Waals surface area contributed by atoms with Crippen LogP contribution in [-0.4, -0.2) is 81.1 Å². The Hall–Kier alpha value is -3.70. The van der Waals surface area contributed by atoms with Crippen LogP contribution in [0, 0.1) is 11.8 Å². The number of primary amides is 1. The van der Waals surface area contributed by atoms with Crippen molar-refractivity contribution < 1.29 is 44.3 Å². The van der Waals surface area contributed by atoms with E-state index in [0.29, 0.717) is 12.0 Å². The zero-order valence-electron chi connectivity index (χ0n) is 20.8. The van der Waals surface area contributed by atoms with Gasteiger partial charge in [-0.2, -0.15) is 0 Å². The number of rotatable bonds is 6. The SMILES string of the molecule is CCCCOC(=O)c1ccc2c(c1O)C(O)=C1C(=O)[C@]3(O)C(O)=C(C(N)=O)C(=O)[C@@H](N(C)C)[C@@H]3C[C@@H]1C2. The number of nitrogens with two attached hydrogens (primary N) is 1. The number of likely N-dealkylation sites (N-methyl/N-ethyl adjacent to an activating group) is 1. The van der Waals surface area contributed by atoms with Gasteiger partial charge in [0.1, 0.15) is 28.4 Å². The summed E-state index contributed by atoms with van der Waals surface area (Å²) in [6, 6.07) is 1.77. The van der Waals surface area contributed by atoms with Gasteiger partial charge in [-0.1, -0.05) is 19.4 Å². The lowest BCUT2D eigenvalue weighted by Gasteiger charge is -2.50. The maximum absolute atomic E-state index is 13.8. The van der Waals surface area contributed by atoms with Crippen molar-refractivity contribution in [3.05, 3.63) is 45.7 Å². The van der Waals surface area contributed by atoms with Crippen LogP contribution in [0.1, 0.15) is 47.7 Å². The van der Waals surface area contributed by atoms with Crippen LogP contribution in [0.5, 0.6) is 5.75 Å². The minimum Gasteiger partial charge on any atom is -0.508 e. The number of unbranched alkanes of at least 4 members (excludes halogenated alkanes) is 1. The fourth-order valence-electron chi connectivity index (χ4n) is 5.77. The molecule has 0 bridgehead atoms. The molecule has 198 valence electrons. The largest absolute Gasteiger partial charge is 0.508 e. The molecule has 1 fully saturated rings. The van der Waals surface area contributed by atoms with E-state index in [9.17, 15) is 39.6 Å². The van der Waals surface area contributed by atoms with E-state index in [1.54, 1.807) is 6.07 Å². The number of carbonyl (C=O) groups excluding carboxylic acids is 4. The van der Waals surface area contributed by atoms with Crippen molar-refractivity contribution in [1.82, 2.24) is 4.90 Å². The third-order valence-electron chi connectivity index (χ3n) is 7.54. The minimum atomic E-state index is -2.71. The molecule has 0 aromatic heterocycles. The van der Waals surface area contributed by atoms with Gasteiger partial charge in [-0.3, -0.25) is 19.3 Å². The molecular formula is C26H30N2O9. The molecule has 11 heteroatoms. The van der Waals surface area contributed by atoms with Gasteiger partial charge in [-0.05, 0) is 50.9 Å². The Bertz CT molecular complexity index is 1280. The fourth-order valence-corrected chi connectivity index (χ4v) is 5.77. The Morgan fingerprint density at radius 1 is 1.19 bits per heavy atom. The number of ether oxygens (including phenoxy) is 1. The molecule has 3 aliphatic carbocycles. The van der Waals surface area contributed by atoms with Gasteiger partial charge >= 0.3 is 5.97 Å². The molecule has 0 aliphatic heterocycles. The first-order chi connectivity index (χ1) is 17.4. The molecule has 4 rings (SSSR count). The lowest BCUT2D eigenvalue weighted by molar-refractivity contribution is -0.153. The van der Waals surface area contributed by atoms with Crippen LogP contribution in [0.15, 0.2) is 29.0 Å². The summed E-state index contributed by atoms with van der Waals surface area (Å²) in [7, 11) is 3.07. The molecule has 1 saturated carbocycles. The second-order valence-electron chi connectivity index (χ2n) is 9.95. The number of aliphatic hydroxyl groups excluding tert-OH is 2. The lowest BCUT2D eigenvalue weighted by atomic mass is 9.57. The van der Waals surface area contributed by atoms with Gasteiger partial charge in [-0.25, -0.2) is 4.79 Å². The fraction of sp³-hybridized carbons (Fsp3) is 0.462. The predicted molar refractivity (Wildman–Crippen MR) is 129 cm³/mol. The van der Waals surface area contributed by atoms with E-state index in [2.05, 4.69) is 0 Å². The van der Waals surface area contributed by atoms with Gasteiger partial charge in [0.25, 0.3) is 5.91 Å². The second-order valence-corrected chi connectivity index (χ2v) is 9.95. The van der Waals surface area contributed by atoms with Crippen molar-refractivity contribution in [2.75, 3.05) is 20.7 Å². The average molecular weight is 515 g/mol. The first kappa shape index (κ1) is 26.4. The quantitative estimate of drug-likeness (QED) is 0.207. The van der Waals surface area contributed by atoms with Crippen LogP contribution in [0.2, 0.25) is 0 Å². The first-order valence-electron chi connectivity index (χ1n) is 12.0. The number of hydrogen-bond acceptors (Lipinski definition) is 10. The molecule has 37 heavy (non-hydrogen) atoms. The number of aromatic hydroxyl groups is 1. The van der Waals surface area contributed by atoms with Crippen LogP contribution in [0.25, 0.3) is 5.76 Å². The molecule has 1 aromatic rings. The maximum Gasteiger partial charge on any atom is 0.341 e. The second kappa shape index (κ2) is 9.31. The molecule has 3 aliphatic rings. The van der Waals surface area contributed by atoms with Gasteiger partial charge in [-0.15, -0.1) is 0 Å². The molecule has 0 heterocycles. The molecule has 1 aromatic carbocycles. The number of hydrogen-bond donors (Lipinski definition) is 5. The Kier molecular flexibility index (Phi) is 6.63. The summed E-state index contributed by atoms with van der Waals surface area (Å²) in [5.41, 5.74) is 1.55. The van der Waals surface area contributed by atoms with E-state index >= 15 is 0 Å². The third-order valence-corrected chi connectivity index (χ3v) is 7.54. The van der Waals surface area contributed by atoms with E-state index in [-0.39, 0.29) is 36.1 Å². The summed E-state index contributed by atoms with van der Waals surface area (Å²) in [5.74, 6) is -8.22. The average Bonchev–Trinajstić information content (AvgIpc) is 2.81. The Labute approximate surface area is 212 Å². The number of ketones is 2. The van der Waals surface area contributed by atoms with Gasteiger partial charge in [0, 0.05) is 11.5 Å². The highest BCUT2D eigenvalue weighted by atomic mass is 16.5. The van der Waals surface area contributed by atoms with Gasteiger partial charge in [0.2, 0.25) is 5.78 Å². The molecular weight excluding hydrogens is 484 g/mol. The highest BCUT2D eigenvalue weighted by Crippen LogP contribution is 2.52. The topological polar surface area (TPSA) is 188 Å². The zero-order valence-corrected chi connectivity index (χ0v) is 20.8. The number of aliphatic hydroxyl groups is 3. The number of phenols is 1. The summed E-state index contributed by atoms with van der Waals surface area (Å²) in [5, 5.41) is 44.5. The number of fused-ring (bicyclic) bond motifs is 3. The molecule has 6 N–H and O–H groups in total. The molecule has 0 saturated heterocycles. The zero-order chi connectivity index (χ0) is 27.4. The maximum atomic E-state index is 13.8. The molecule has 0 unspecified atom stereocenters. The number of benzene rings is 1. The van der Waals surface area contributed by atoms with E-state index < -0.39 is 69.8 Å². The summed E-state index contributed by atoms with van der Waals surface area (Å²) in [6.45, 7) is 2.07. The van der Waals surface area contributed by atoms with Crippen molar-refractivity contribution in [2.24, 2.45) is 17.6 Å². The van der Waals surface area contributed by atoms with Crippen molar-refractivity contribution in [1.29, 1.82) is 0 Å². The summed E-state index contributed by atoms with van der Waals surface area (Å²) < 4.78 is 5.16. The van der Waals surface area contributed by atoms with Crippen molar-refractivity contribution in [3.8, 4) is 5.75 Å². The minimum absolute atomic E-state index is 0.00661. The first-order valence-corrected chi connectivity index (χ1v) is 12.0. The van der Waals surface area contributed by atoms with Crippen LogP contribution in [0.4, 0.5) is 0 Å². The van der Waals surface area contributed by atoms with Crippen molar-refractivity contribution in [2.45, 2.75) is 44.2 Å². The summed E-state index contributed by atoms with van der Waals surface area (Å²) >= 11 is 0. The Morgan fingerprint density at radius 2 is 1.86 bits per heavy atom.